The van der Waals surface area contributed by atoms with Gasteiger partial charge in [-0.1, -0.05) is 23.4 Å². The molecule has 5 N–H and O–H groups in total. The monoisotopic (exact) mass is 594 g/mol. The second kappa shape index (κ2) is 11.5. The molecule has 13 nitrogen and oxygen atoms in total. The number of carbonyl (C=O) groups is 2. The minimum Gasteiger partial charge on any atom is -0.507 e. The number of nitrogens with two attached hydrogens (primary N) is 1. The molecule has 13 heteroatoms. The summed E-state index contributed by atoms with van der Waals surface area (Å²) in [5.74, 6) is -0.625. The third kappa shape index (κ3) is 5.42. The van der Waals surface area contributed by atoms with Crippen LogP contribution in [0.5, 0.6) is 5.75 Å². The van der Waals surface area contributed by atoms with Crippen LogP contribution in [0.4, 0.5) is 11.7 Å². The lowest BCUT2D eigenvalue weighted by Gasteiger charge is -2.40. The van der Waals surface area contributed by atoms with Crippen molar-refractivity contribution in [3.8, 4) is 23.1 Å². The number of aromatic nitrogens is 2. The number of ether oxygens (including phenoxy) is 1. The van der Waals surface area contributed by atoms with Crippen molar-refractivity contribution in [2.75, 3.05) is 30.3 Å². The third-order valence-electron chi connectivity index (χ3n) is 7.37. The van der Waals surface area contributed by atoms with E-state index in [9.17, 15) is 25.1 Å². The van der Waals surface area contributed by atoms with Crippen LogP contribution < -0.4 is 16.0 Å². The first kappa shape index (κ1) is 28.4. The Morgan fingerprint density at radius 2 is 2.02 bits per heavy atom. The lowest BCUT2D eigenvalue weighted by atomic mass is 9.86. The molecule has 1 unspecified atom stereocenters. The van der Waals surface area contributed by atoms with Crippen LogP contribution in [0, 0.1) is 11.3 Å². The number of nitriles is 1. The van der Waals surface area contributed by atoms with E-state index in [4.69, 9.17) is 19.4 Å². The Bertz CT molecular complexity index is 1910. The van der Waals surface area contributed by atoms with Gasteiger partial charge in [0.1, 0.15) is 28.9 Å². The summed E-state index contributed by atoms with van der Waals surface area (Å²) in [5, 5.41) is 38.4. The molecular formula is C31H26N6O7. The maximum atomic E-state index is 13.9. The van der Waals surface area contributed by atoms with Crippen molar-refractivity contribution in [2.45, 2.75) is 18.1 Å². The fourth-order valence-corrected chi connectivity index (χ4v) is 5.17. The number of amides is 2. The molecule has 6 rings (SSSR count). The topological polar surface area (TPSA) is 201 Å². The molecule has 1 saturated heterocycles. The van der Waals surface area contributed by atoms with E-state index in [1.54, 1.807) is 54.6 Å². The number of phenols is 1. The molecule has 1 fully saturated rings. The number of para-hydroxylation sites is 1. The molecule has 0 aliphatic carbocycles. The van der Waals surface area contributed by atoms with Crippen LogP contribution in [-0.2, 0) is 16.0 Å². The van der Waals surface area contributed by atoms with Gasteiger partial charge in [-0.3, -0.25) is 14.5 Å². The summed E-state index contributed by atoms with van der Waals surface area (Å²) in [4.78, 5) is 32.2. The van der Waals surface area contributed by atoms with E-state index in [0.717, 1.165) is 0 Å². The van der Waals surface area contributed by atoms with Crippen LogP contribution >= 0.6 is 0 Å². The van der Waals surface area contributed by atoms with Crippen molar-refractivity contribution in [3.63, 3.8) is 0 Å². The zero-order chi connectivity index (χ0) is 30.8. The van der Waals surface area contributed by atoms with E-state index < -0.39 is 30.1 Å². The largest absolute Gasteiger partial charge is 0.507 e. The number of pyridine rings is 1. The summed E-state index contributed by atoms with van der Waals surface area (Å²) in [7, 11) is 0. The lowest BCUT2D eigenvalue weighted by molar-refractivity contribution is -0.157. The second-order valence-corrected chi connectivity index (χ2v) is 10.3. The van der Waals surface area contributed by atoms with Crippen molar-refractivity contribution < 1.29 is 33.5 Å². The Balaban J connectivity index is 1.29. The Morgan fingerprint density at radius 3 is 2.84 bits per heavy atom. The number of nitrogens with zero attached hydrogens (tertiary/aromatic N) is 4. The van der Waals surface area contributed by atoms with Crippen LogP contribution in [0.25, 0.3) is 22.3 Å². The van der Waals surface area contributed by atoms with Crippen molar-refractivity contribution in [1.29, 1.82) is 5.26 Å². The number of carbonyl (C=O) groups excluding carboxylic acids is 2. The molecule has 2 amide bonds. The predicted octanol–water partition coefficient (Wildman–Crippen LogP) is 2.78. The number of anilines is 2. The van der Waals surface area contributed by atoms with E-state index in [1.807, 2.05) is 6.07 Å². The highest BCUT2D eigenvalue weighted by Gasteiger charge is 2.47. The van der Waals surface area contributed by atoms with Gasteiger partial charge in [-0.25, -0.2) is 4.98 Å². The summed E-state index contributed by atoms with van der Waals surface area (Å²) in [6.45, 7) is -0.197. The lowest BCUT2D eigenvalue weighted by Crippen LogP contribution is -2.63. The molecule has 0 radical (unpaired) electrons. The number of phenolic OH excluding ortho intramolecular Hbond substituents is 1. The van der Waals surface area contributed by atoms with Gasteiger partial charge >= 0.3 is 0 Å². The predicted molar refractivity (Wildman–Crippen MR) is 156 cm³/mol. The number of hydrogen-bond acceptors (Lipinski definition) is 11. The fraction of sp³-hybridized carbons (Fsp3) is 0.194. The molecule has 1 aliphatic heterocycles. The van der Waals surface area contributed by atoms with Crippen LogP contribution in [0.2, 0.25) is 0 Å². The first-order valence-electron chi connectivity index (χ1n) is 13.6. The van der Waals surface area contributed by atoms with Gasteiger partial charge in [0.05, 0.1) is 30.6 Å². The van der Waals surface area contributed by atoms with Crippen LogP contribution in [0.3, 0.4) is 0 Å². The Hall–Kier alpha value is -5.71. The summed E-state index contributed by atoms with van der Waals surface area (Å²) < 4.78 is 17.1. The van der Waals surface area contributed by atoms with E-state index in [0.29, 0.717) is 27.9 Å². The highest BCUT2D eigenvalue weighted by molar-refractivity contribution is 5.98. The van der Waals surface area contributed by atoms with Gasteiger partial charge in [-0.2, -0.15) is 5.26 Å². The number of furan rings is 1. The van der Waals surface area contributed by atoms with Crippen LogP contribution in [0.15, 0.2) is 81.9 Å². The fourth-order valence-electron chi connectivity index (χ4n) is 5.17. The minimum atomic E-state index is -1.96. The Morgan fingerprint density at radius 1 is 1.18 bits per heavy atom. The van der Waals surface area contributed by atoms with Crippen molar-refractivity contribution in [1.82, 2.24) is 15.5 Å². The average Bonchev–Trinajstić information content (AvgIpc) is 3.67. The molecule has 4 heterocycles. The number of aromatic hydroxyl groups is 1. The quantitative estimate of drug-likeness (QED) is 0.206. The van der Waals surface area contributed by atoms with Gasteiger partial charge in [-0.05, 0) is 48.0 Å². The number of hydrogen-bond donors (Lipinski definition) is 4. The average molecular weight is 595 g/mol. The van der Waals surface area contributed by atoms with Gasteiger partial charge < -0.3 is 34.9 Å². The maximum absolute atomic E-state index is 13.9. The molecule has 5 aromatic rings. The summed E-state index contributed by atoms with van der Waals surface area (Å²) in [6, 6.07) is 19.5. The molecule has 222 valence electrons. The molecule has 44 heavy (non-hydrogen) atoms. The minimum absolute atomic E-state index is 0.00435. The van der Waals surface area contributed by atoms with Crippen LogP contribution in [0.1, 0.15) is 21.6 Å². The van der Waals surface area contributed by atoms with Gasteiger partial charge in [-0.15, -0.1) is 0 Å². The van der Waals surface area contributed by atoms with Gasteiger partial charge in [0.15, 0.2) is 17.5 Å². The number of rotatable bonds is 8. The zero-order valence-electron chi connectivity index (χ0n) is 23.1. The van der Waals surface area contributed by atoms with Gasteiger partial charge in [0.25, 0.3) is 11.8 Å². The van der Waals surface area contributed by atoms with Gasteiger partial charge in [0, 0.05) is 24.2 Å². The molecule has 2 atom stereocenters. The molecule has 0 bridgehead atoms. The maximum Gasteiger partial charge on any atom is 0.261 e. The third-order valence-corrected chi connectivity index (χ3v) is 7.37. The summed E-state index contributed by atoms with van der Waals surface area (Å²) in [5.41, 5.74) is 5.65. The molecular weight excluding hydrogens is 568 g/mol. The number of fused-ring (bicyclic) bond motifs is 1. The van der Waals surface area contributed by atoms with Crippen molar-refractivity contribution in [2.24, 2.45) is 0 Å². The number of nitrogens with one attached hydrogen (secondary N) is 1. The Kier molecular flexibility index (Phi) is 7.44. The molecule has 0 spiro atoms. The van der Waals surface area contributed by atoms with Gasteiger partial charge in [0.2, 0.25) is 5.88 Å². The van der Waals surface area contributed by atoms with Crippen molar-refractivity contribution >= 4 is 34.5 Å². The second-order valence-electron chi connectivity index (χ2n) is 10.3. The highest BCUT2D eigenvalue weighted by atomic mass is 16.5. The zero-order valence-corrected chi connectivity index (χ0v) is 23.1. The van der Waals surface area contributed by atoms with E-state index >= 15 is 0 Å². The smallest absolute Gasteiger partial charge is 0.261 e. The Labute approximate surface area is 250 Å². The number of morpholine rings is 1. The normalized spacial score (nSPS) is 16.4. The highest BCUT2D eigenvalue weighted by Crippen LogP contribution is 2.32. The van der Waals surface area contributed by atoms with Crippen LogP contribution in [-0.4, -0.2) is 63.6 Å². The number of aliphatic hydroxyl groups is 1. The molecule has 2 aromatic carbocycles. The van der Waals surface area contributed by atoms with E-state index in [2.05, 4.69) is 15.5 Å². The SMILES string of the molecule is N#Cc1cc(-c2ccc(N3CCO[C@H](C(O)(CNC(=O)c4ccccc4O)Cc4ccc5c(N)noc5c4)C3=O)o2)ccn1. The van der Waals surface area contributed by atoms with E-state index in [1.165, 1.54) is 23.2 Å². The van der Waals surface area contributed by atoms with E-state index in [-0.39, 0.29) is 48.3 Å². The summed E-state index contributed by atoms with van der Waals surface area (Å²) >= 11 is 0. The molecule has 0 saturated carbocycles. The first-order valence-corrected chi connectivity index (χ1v) is 13.6. The molecule has 1 aliphatic rings. The summed E-state index contributed by atoms with van der Waals surface area (Å²) in [6.07, 6.45) is -0.0669. The number of nitrogen functional groups attached to an aromatic ring is 1. The molecule has 3 aromatic heterocycles. The van der Waals surface area contributed by atoms with Crippen molar-refractivity contribution in [3.05, 3.63) is 89.7 Å². The standard InChI is InChI=1S/C31H26N6O7/c32-16-20-14-19(9-10-34-20)24-7-8-26(43-24)37-11-12-42-27(30(37)40)31(41,17-35-29(39)21-3-1-2-4-23(21)38)15-18-5-6-22-25(13-18)44-36-28(22)33/h1-10,13-14,27,38,41H,11-12,15,17H2,(H2,33,36)(H,35,39)/t27-,31?/m0/s1. The number of benzene rings is 2. The first-order chi connectivity index (χ1) is 21.3.